The Labute approximate surface area is 137 Å². The van der Waals surface area contributed by atoms with Crippen molar-refractivity contribution in [1.29, 1.82) is 0 Å². The van der Waals surface area contributed by atoms with E-state index in [1.54, 1.807) is 24.3 Å². The van der Waals surface area contributed by atoms with Crippen molar-refractivity contribution in [2.75, 3.05) is 0 Å². The number of carbonyl (C=O) groups excluding carboxylic acids is 1. The summed E-state index contributed by atoms with van der Waals surface area (Å²) in [7, 11) is -3.55. The Morgan fingerprint density at radius 3 is 2.64 bits per heavy atom. The summed E-state index contributed by atoms with van der Waals surface area (Å²) < 4.78 is 24.8. The molecule has 0 aromatic heterocycles. The first-order chi connectivity index (χ1) is 10.4. The van der Waals surface area contributed by atoms with Gasteiger partial charge in [-0.05, 0) is 37.5 Å². The zero-order valence-electron chi connectivity index (χ0n) is 12.7. The molecule has 1 amide bonds. The Morgan fingerprint density at radius 2 is 2.00 bits per heavy atom. The van der Waals surface area contributed by atoms with E-state index in [4.69, 9.17) is 11.6 Å². The minimum absolute atomic E-state index is 0.116. The summed E-state index contributed by atoms with van der Waals surface area (Å²) in [6, 6.07) is 6.83. The van der Waals surface area contributed by atoms with E-state index in [2.05, 4.69) is 5.32 Å². The molecule has 1 aliphatic carbocycles. The Kier molecular flexibility index (Phi) is 5.87. The van der Waals surface area contributed by atoms with E-state index in [-0.39, 0.29) is 11.8 Å². The van der Waals surface area contributed by atoms with Crippen LogP contribution in [0.1, 0.15) is 44.6 Å². The standard InChI is InChI=1S/C16H22ClNO3S/c1-12(16(19)18-15-8-3-2-4-9-15)22(20,21)11-13-6-5-7-14(17)10-13/h5-7,10,12,15H,2-4,8-9,11H2,1H3,(H,18,19). The lowest BCUT2D eigenvalue weighted by Gasteiger charge is -2.24. The van der Waals surface area contributed by atoms with Crippen LogP contribution in [0.15, 0.2) is 24.3 Å². The van der Waals surface area contributed by atoms with Crippen LogP contribution in [0.2, 0.25) is 5.02 Å². The first kappa shape index (κ1) is 17.3. The van der Waals surface area contributed by atoms with Crippen LogP contribution in [0.4, 0.5) is 0 Å². The van der Waals surface area contributed by atoms with Crippen molar-refractivity contribution < 1.29 is 13.2 Å². The van der Waals surface area contributed by atoms with Crippen molar-refractivity contribution in [1.82, 2.24) is 5.32 Å². The lowest BCUT2D eigenvalue weighted by Crippen LogP contribution is -2.44. The second-order valence-electron chi connectivity index (χ2n) is 5.92. The predicted molar refractivity (Wildman–Crippen MR) is 88.6 cm³/mol. The molecule has 2 rings (SSSR count). The molecule has 1 unspecified atom stereocenters. The molecule has 1 aromatic rings. The van der Waals surface area contributed by atoms with E-state index < -0.39 is 21.0 Å². The van der Waals surface area contributed by atoms with Gasteiger partial charge in [0.05, 0.1) is 5.75 Å². The molecule has 1 saturated carbocycles. The molecule has 4 nitrogen and oxygen atoms in total. The third kappa shape index (κ3) is 4.71. The van der Waals surface area contributed by atoms with Crippen LogP contribution >= 0.6 is 11.6 Å². The smallest absolute Gasteiger partial charge is 0.238 e. The van der Waals surface area contributed by atoms with E-state index in [1.165, 1.54) is 13.3 Å². The van der Waals surface area contributed by atoms with Gasteiger partial charge in [0.25, 0.3) is 0 Å². The van der Waals surface area contributed by atoms with Gasteiger partial charge >= 0.3 is 0 Å². The quantitative estimate of drug-likeness (QED) is 0.893. The number of hydrogen-bond donors (Lipinski definition) is 1. The van der Waals surface area contributed by atoms with Gasteiger partial charge in [0.1, 0.15) is 5.25 Å². The van der Waals surface area contributed by atoms with E-state index in [9.17, 15) is 13.2 Å². The summed E-state index contributed by atoms with van der Waals surface area (Å²) in [6.45, 7) is 1.46. The fourth-order valence-corrected chi connectivity index (χ4v) is 4.21. The first-order valence-electron chi connectivity index (χ1n) is 7.65. The van der Waals surface area contributed by atoms with Crippen LogP contribution in [0.5, 0.6) is 0 Å². The van der Waals surface area contributed by atoms with Crippen LogP contribution in [0, 0.1) is 0 Å². The lowest BCUT2D eigenvalue weighted by atomic mass is 9.95. The van der Waals surface area contributed by atoms with Gasteiger partial charge in [-0.15, -0.1) is 0 Å². The molecular formula is C16H22ClNO3S. The van der Waals surface area contributed by atoms with Crippen molar-refractivity contribution in [3.05, 3.63) is 34.9 Å². The number of sulfone groups is 1. The molecule has 0 saturated heterocycles. The van der Waals surface area contributed by atoms with Crippen LogP contribution in [0.25, 0.3) is 0 Å². The normalized spacial score (nSPS) is 17.9. The van der Waals surface area contributed by atoms with Gasteiger partial charge in [-0.3, -0.25) is 4.79 Å². The van der Waals surface area contributed by atoms with E-state index in [0.717, 1.165) is 25.7 Å². The second kappa shape index (κ2) is 7.47. The molecule has 1 fully saturated rings. The number of halogens is 1. The zero-order valence-corrected chi connectivity index (χ0v) is 14.3. The SMILES string of the molecule is CC(C(=O)NC1CCCCC1)S(=O)(=O)Cc1cccc(Cl)c1. The number of benzene rings is 1. The van der Waals surface area contributed by atoms with E-state index in [1.807, 2.05) is 0 Å². The first-order valence-corrected chi connectivity index (χ1v) is 9.74. The van der Waals surface area contributed by atoms with Crippen molar-refractivity contribution in [2.45, 2.75) is 56.1 Å². The summed E-state index contributed by atoms with van der Waals surface area (Å²) in [6.07, 6.45) is 5.25. The van der Waals surface area contributed by atoms with Gasteiger partial charge in [0, 0.05) is 11.1 Å². The summed E-state index contributed by atoms with van der Waals surface area (Å²) in [5, 5.41) is 2.32. The summed E-state index contributed by atoms with van der Waals surface area (Å²) >= 11 is 5.87. The molecule has 0 heterocycles. The van der Waals surface area contributed by atoms with Crippen molar-refractivity contribution in [3.8, 4) is 0 Å². The molecule has 1 atom stereocenters. The third-order valence-electron chi connectivity index (χ3n) is 4.12. The van der Waals surface area contributed by atoms with Crippen molar-refractivity contribution in [3.63, 3.8) is 0 Å². The van der Waals surface area contributed by atoms with Gasteiger partial charge in [-0.2, -0.15) is 0 Å². The molecule has 0 aliphatic heterocycles. The molecule has 6 heteroatoms. The summed E-state index contributed by atoms with van der Waals surface area (Å²) in [4.78, 5) is 12.2. The minimum Gasteiger partial charge on any atom is -0.352 e. The van der Waals surface area contributed by atoms with Gasteiger partial charge in [0.15, 0.2) is 9.84 Å². The predicted octanol–water partition coefficient (Wildman–Crippen LogP) is 3.09. The molecule has 1 aliphatic rings. The van der Waals surface area contributed by atoms with Gasteiger partial charge < -0.3 is 5.32 Å². The maximum atomic E-state index is 12.4. The number of carbonyl (C=O) groups is 1. The van der Waals surface area contributed by atoms with Gasteiger partial charge in [-0.1, -0.05) is 43.0 Å². The van der Waals surface area contributed by atoms with Crippen molar-refractivity contribution in [2.24, 2.45) is 0 Å². The van der Waals surface area contributed by atoms with E-state index >= 15 is 0 Å². The fourth-order valence-electron chi connectivity index (χ4n) is 2.71. The Balaban J connectivity index is 1.99. The highest BCUT2D eigenvalue weighted by atomic mass is 35.5. The molecule has 22 heavy (non-hydrogen) atoms. The average Bonchev–Trinajstić information content (AvgIpc) is 2.47. The van der Waals surface area contributed by atoms with E-state index in [0.29, 0.717) is 10.6 Å². The lowest BCUT2D eigenvalue weighted by molar-refractivity contribution is -0.121. The molecule has 0 spiro atoms. The molecular weight excluding hydrogens is 322 g/mol. The Morgan fingerprint density at radius 1 is 1.32 bits per heavy atom. The highest BCUT2D eigenvalue weighted by Crippen LogP contribution is 2.19. The monoisotopic (exact) mass is 343 g/mol. The largest absolute Gasteiger partial charge is 0.352 e. The summed E-state index contributed by atoms with van der Waals surface area (Å²) in [5.74, 6) is -0.568. The maximum Gasteiger partial charge on any atom is 0.238 e. The highest BCUT2D eigenvalue weighted by molar-refractivity contribution is 7.92. The number of nitrogens with one attached hydrogen (secondary N) is 1. The molecule has 0 radical (unpaired) electrons. The minimum atomic E-state index is -3.55. The van der Waals surface area contributed by atoms with Gasteiger partial charge in [-0.25, -0.2) is 8.42 Å². The molecule has 1 aromatic carbocycles. The zero-order chi connectivity index (χ0) is 16.2. The number of amides is 1. The topological polar surface area (TPSA) is 63.2 Å². The maximum absolute atomic E-state index is 12.4. The highest BCUT2D eigenvalue weighted by Gasteiger charge is 2.29. The Hall–Kier alpha value is -1.07. The fraction of sp³-hybridized carbons (Fsp3) is 0.562. The summed E-state index contributed by atoms with van der Waals surface area (Å²) in [5.41, 5.74) is 0.602. The third-order valence-corrected chi connectivity index (χ3v) is 6.38. The number of rotatable bonds is 5. The molecule has 1 N–H and O–H groups in total. The van der Waals surface area contributed by atoms with Crippen LogP contribution in [0.3, 0.4) is 0 Å². The van der Waals surface area contributed by atoms with Crippen LogP contribution in [-0.2, 0) is 20.4 Å². The van der Waals surface area contributed by atoms with Crippen LogP contribution in [-0.4, -0.2) is 25.6 Å². The number of hydrogen-bond acceptors (Lipinski definition) is 3. The molecule has 0 bridgehead atoms. The average molecular weight is 344 g/mol. The molecule has 122 valence electrons. The Bertz CT molecular complexity index is 624. The van der Waals surface area contributed by atoms with Crippen LogP contribution < -0.4 is 5.32 Å². The van der Waals surface area contributed by atoms with Crippen molar-refractivity contribution >= 4 is 27.3 Å². The van der Waals surface area contributed by atoms with Gasteiger partial charge in [0.2, 0.25) is 5.91 Å². The second-order valence-corrected chi connectivity index (χ2v) is 8.68.